The summed E-state index contributed by atoms with van der Waals surface area (Å²) in [5.41, 5.74) is 2.75. The standard InChI is InChI=1S/C15H20ClNO3/c1-3-10-8-9-12(16)11(4-2)15(10)17-13(18)6-5-7-14(19)20/h8-9H,3-7H2,1-2H3,(H,17,18)(H,19,20). The molecule has 20 heavy (non-hydrogen) atoms. The van der Waals surface area contributed by atoms with Crippen molar-refractivity contribution in [3.05, 3.63) is 28.3 Å². The van der Waals surface area contributed by atoms with Gasteiger partial charge in [0.05, 0.1) is 0 Å². The molecule has 0 saturated heterocycles. The molecule has 0 atom stereocenters. The largest absolute Gasteiger partial charge is 0.481 e. The number of anilines is 1. The second-order valence-corrected chi connectivity index (χ2v) is 4.97. The molecule has 0 aliphatic heterocycles. The maximum atomic E-state index is 11.9. The summed E-state index contributed by atoms with van der Waals surface area (Å²) in [7, 11) is 0. The molecular formula is C15H20ClNO3. The van der Waals surface area contributed by atoms with Crippen LogP contribution in [0.4, 0.5) is 5.69 Å². The summed E-state index contributed by atoms with van der Waals surface area (Å²) in [5.74, 6) is -1.05. The van der Waals surface area contributed by atoms with Crippen molar-refractivity contribution in [2.45, 2.75) is 46.0 Å². The molecule has 1 aromatic rings. The summed E-state index contributed by atoms with van der Waals surface area (Å²) in [4.78, 5) is 22.3. The molecule has 0 radical (unpaired) electrons. The molecule has 0 bridgehead atoms. The van der Waals surface area contributed by atoms with Crippen LogP contribution in [-0.4, -0.2) is 17.0 Å². The fourth-order valence-corrected chi connectivity index (χ4v) is 2.36. The van der Waals surface area contributed by atoms with Crippen LogP contribution in [0.2, 0.25) is 5.02 Å². The number of carbonyl (C=O) groups excluding carboxylic acids is 1. The van der Waals surface area contributed by atoms with Gasteiger partial charge in [0.15, 0.2) is 0 Å². The third-order valence-corrected chi connectivity index (χ3v) is 3.49. The lowest BCUT2D eigenvalue weighted by Gasteiger charge is -2.15. The minimum Gasteiger partial charge on any atom is -0.481 e. The predicted molar refractivity (Wildman–Crippen MR) is 80.3 cm³/mol. The molecule has 0 heterocycles. The Labute approximate surface area is 124 Å². The van der Waals surface area contributed by atoms with Crippen LogP contribution in [0.1, 0.15) is 44.2 Å². The van der Waals surface area contributed by atoms with E-state index in [0.717, 1.165) is 29.7 Å². The zero-order chi connectivity index (χ0) is 15.1. The molecule has 5 heteroatoms. The number of amides is 1. The number of aryl methyl sites for hydroxylation is 1. The highest BCUT2D eigenvalue weighted by atomic mass is 35.5. The molecule has 0 spiro atoms. The average Bonchev–Trinajstić information content (AvgIpc) is 2.39. The van der Waals surface area contributed by atoms with E-state index >= 15 is 0 Å². The molecular weight excluding hydrogens is 278 g/mol. The fourth-order valence-electron chi connectivity index (χ4n) is 2.07. The van der Waals surface area contributed by atoms with Crippen molar-refractivity contribution >= 4 is 29.2 Å². The lowest BCUT2D eigenvalue weighted by atomic mass is 10.0. The van der Waals surface area contributed by atoms with Gasteiger partial charge in [-0.05, 0) is 36.5 Å². The van der Waals surface area contributed by atoms with Crippen LogP contribution in [0.15, 0.2) is 12.1 Å². The molecule has 0 fully saturated rings. The molecule has 1 aromatic carbocycles. The monoisotopic (exact) mass is 297 g/mol. The Bertz CT molecular complexity index is 500. The first-order valence-corrected chi connectivity index (χ1v) is 7.19. The lowest BCUT2D eigenvalue weighted by molar-refractivity contribution is -0.137. The number of carbonyl (C=O) groups is 2. The highest BCUT2D eigenvalue weighted by Crippen LogP contribution is 2.29. The van der Waals surface area contributed by atoms with Crippen molar-refractivity contribution < 1.29 is 14.7 Å². The van der Waals surface area contributed by atoms with E-state index in [0.29, 0.717) is 11.4 Å². The first kappa shape index (κ1) is 16.5. The van der Waals surface area contributed by atoms with Gasteiger partial charge in [-0.2, -0.15) is 0 Å². The normalized spacial score (nSPS) is 10.3. The van der Waals surface area contributed by atoms with Crippen molar-refractivity contribution in [1.82, 2.24) is 0 Å². The van der Waals surface area contributed by atoms with Gasteiger partial charge < -0.3 is 10.4 Å². The Hall–Kier alpha value is -1.55. The van der Waals surface area contributed by atoms with E-state index in [1.54, 1.807) is 0 Å². The van der Waals surface area contributed by atoms with Gasteiger partial charge in [0.2, 0.25) is 5.91 Å². The van der Waals surface area contributed by atoms with E-state index < -0.39 is 5.97 Å². The third kappa shape index (κ3) is 4.53. The first-order valence-electron chi connectivity index (χ1n) is 6.81. The molecule has 0 unspecified atom stereocenters. The van der Waals surface area contributed by atoms with Gasteiger partial charge >= 0.3 is 5.97 Å². The lowest BCUT2D eigenvalue weighted by Crippen LogP contribution is -2.15. The maximum Gasteiger partial charge on any atom is 0.303 e. The maximum absolute atomic E-state index is 11.9. The molecule has 0 saturated carbocycles. The zero-order valence-corrected chi connectivity index (χ0v) is 12.6. The minimum atomic E-state index is -0.885. The predicted octanol–water partition coefficient (Wildman–Crippen LogP) is 3.66. The van der Waals surface area contributed by atoms with E-state index in [1.807, 2.05) is 26.0 Å². The third-order valence-electron chi connectivity index (χ3n) is 3.14. The number of benzene rings is 1. The molecule has 0 aliphatic carbocycles. The van der Waals surface area contributed by atoms with E-state index in [9.17, 15) is 9.59 Å². The van der Waals surface area contributed by atoms with Gasteiger partial charge in [-0.1, -0.05) is 31.5 Å². The van der Waals surface area contributed by atoms with Gasteiger partial charge in [0, 0.05) is 23.6 Å². The van der Waals surface area contributed by atoms with Gasteiger partial charge in [-0.25, -0.2) is 0 Å². The Morgan fingerprint density at radius 3 is 2.45 bits per heavy atom. The first-order chi connectivity index (χ1) is 9.49. The van der Waals surface area contributed by atoms with Crippen molar-refractivity contribution in [3.8, 4) is 0 Å². The number of hydrogen-bond donors (Lipinski definition) is 2. The SMILES string of the molecule is CCc1ccc(Cl)c(CC)c1NC(=O)CCCC(=O)O. The van der Waals surface area contributed by atoms with Crippen LogP contribution in [0.25, 0.3) is 0 Å². The van der Waals surface area contributed by atoms with Gasteiger partial charge in [0.25, 0.3) is 0 Å². The number of hydrogen-bond acceptors (Lipinski definition) is 2. The number of rotatable bonds is 7. The summed E-state index contributed by atoms with van der Waals surface area (Å²) < 4.78 is 0. The summed E-state index contributed by atoms with van der Waals surface area (Å²) >= 11 is 6.16. The Balaban J connectivity index is 2.82. The number of nitrogens with one attached hydrogen (secondary N) is 1. The van der Waals surface area contributed by atoms with E-state index in [1.165, 1.54) is 0 Å². The summed E-state index contributed by atoms with van der Waals surface area (Å²) in [6.07, 6.45) is 2.08. The van der Waals surface area contributed by atoms with E-state index in [2.05, 4.69) is 5.32 Å². The molecule has 0 aromatic heterocycles. The summed E-state index contributed by atoms with van der Waals surface area (Å²) in [6, 6.07) is 3.76. The van der Waals surface area contributed by atoms with Crippen LogP contribution in [-0.2, 0) is 22.4 Å². The Morgan fingerprint density at radius 2 is 1.90 bits per heavy atom. The average molecular weight is 298 g/mol. The summed E-state index contributed by atoms with van der Waals surface area (Å²) in [5, 5.41) is 12.1. The highest BCUT2D eigenvalue weighted by molar-refractivity contribution is 6.32. The van der Waals surface area contributed by atoms with E-state index in [4.69, 9.17) is 16.7 Å². The zero-order valence-electron chi connectivity index (χ0n) is 11.8. The molecule has 1 rings (SSSR count). The number of halogens is 1. The van der Waals surface area contributed by atoms with Crippen LogP contribution in [0.5, 0.6) is 0 Å². The Kier molecular flexibility index (Phi) is 6.52. The van der Waals surface area contributed by atoms with Crippen molar-refractivity contribution in [2.75, 3.05) is 5.32 Å². The summed E-state index contributed by atoms with van der Waals surface area (Å²) in [6.45, 7) is 4.00. The van der Waals surface area contributed by atoms with Crippen molar-refractivity contribution in [3.63, 3.8) is 0 Å². The Morgan fingerprint density at radius 1 is 1.20 bits per heavy atom. The second-order valence-electron chi connectivity index (χ2n) is 4.56. The topological polar surface area (TPSA) is 66.4 Å². The molecule has 110 valence electrons. The van der Waals surface area contributed by atoms with Crippen LogP contribution in [0.3, 0.4) is 0 Å². The number of carboxylic acid groups (broad SMARTS) is 1. The van der Waals surface area contributed by atoms with Crippen LogP contribution < -0.4 is 5.32 Å². The highest BCUT2D eigenvalue weighted by Gasteiger charge is 2.13. The van der Waals surface area contributed by atoms with Crippen LogP contribution in [0, 0.1) is 0 Å². The number of carboxylic acids is 1. The van der Waals surface area contributed by atoms with Crippen molar-refractivity contribution in [1.29, 1.82) is 0 Å². The van der Waals surface area contributed by atoms with Crippen molar-refractivity contribution in [2.24, 2.45) is 0 Å². The molecule has 0 aliphatic rings. The smallest absolute Gasteiger partial charge is 0.303 e. The molecule has 4 nitrogen and oxygen atoms in total. The number of aliphatic carboxylic acids is 1. The molecule has 2 N–H and O–H groups in total. The molecule has 1 amide bonds. The van der Waals surface area contributed by atoms with E-state index in [-0.39, 0.29) is 18.7 Å². The quantitative estimate of drug-likeness (QED) is 0.807. The second kappa shape index (κ2) is 7.90. The van der Waals surface area contributed by atoms with Crippen LogP contribution >= 0.6 is 11.6 Å². The van der Waals surface area contributed by atoms with Gasteiger partial charge in [0.1, 0.15) is 0 Å². The fraction of sp³-hybridized carbons (Fsp3) is 0.467. The van der Waals surface area contributed by atoms with Gasteiger partial charge in [-0.15, -0.1) is 0 Å². The minimum absolute atomic E-state index is 0.00420. The van der Waals surface area contributed by atoms with Gasteiger partial charge in [-0.3, -0.25) is 9.59 Å².